The van der Waals surface area contributed by atoms with Crippen LogP contribution < -0.4 is 5.32 Å². The lowest BCUT2D eigenvalue weighted by Gasteiger charge is -2.15. The number of rotatable bonds is 7. The molecule has 0 saturated carbocycles. The monoisotopic (exact) mass is 315 g/mol. The molecule has 0 saturated heterocycles. The van der Waals surface area contributed by atoms with Crippen molar-refractivity contribution < 1.29 is 14.7 Å². The Hall–Kier alpha value is -2.63. The SMILES string of the molecule is CC(C)CC(CNC(=O)c1cncn1-c1ccccc1)C(=O)O. The van der Waals surface area contributed by atoms with E-state index in [4.69, 9.17) is 0 Å². The van der Waals surface area contributed by atoms with Crippen LogP contribution in [0.3, 0.4) is 0 Å². The number of nitrogens with one attached hydrogen (secondary N) is 1. The van der Waals surface area contributed by atoms with Gasteiger partial charge in [0.05, 0.1) is 18.4 Å². The minimum absolute atomic E-state index is 0.103. The molecule has 1 aromatic carbocycles. The number of aliphatic carboxylic acids is 1. The minimum Gasteiger partial charge on any atom is -0.481 e. The van der Waals surface area contributed by atoms with E-state index in [1.54, 1.807) is 10.9 Å². The first-order chi connectivity index (χ1) is 11.0. The van der Waals surface area contributed by atoms with Gasteiger partial charge in [-0.3, -0.25) is 14.2 Å². The average Bonchev–Trinajstić information content (AvgIpc) is 3.01. The molecule has 2 aromatic rings. The lowest BCUT2D eigenvalue weighted by molar-refractivity contribution is -0.142. The molecule has 0 spiro atoms. The van der Waals surface area contributed by atoms with Crippen LogP contribution >= 0.6 is 0 Å². The quantitative estimate of drug-likeness (QED) is 0.821. The number of para-hydroxylation sites is 1. The third kappa shape index (κ3) is 4.42. The van der Waals surface area contributed by atoms with E-state index >= 15 is 0 Å². The van der Waals surface area contributed by atoms with Gasteiger partial charge in [-0.05, 0) is 24.5 Å². The molecule has 0 aliphatic heterocycles. The van der Waals surface area contributed by atoms with E-state index in [0.717, 1.165) is 5.69 Å². The first-order valence-corrected chi connectivity index (χ1v) is 7.57. The predicted octanol–water partition coefficient (Wildman–Crippen LogP) is 2.35. The summed E-state index contributed by atoms with van der Waals surface area (Å²) in [6.45, 7) is 4.02. The molecular formula is C17H21N3O3. The van der Waals surface area contributed by atoms with Crippen molar-refractivity contribution in [2.45, 2.75) is 20.3 Å². The van der Waals surface area contributed by atoms with Gasteiger partial charge in [0.25, 0.3) is 5.91 Å². The summed E-state index contributed by atoms with van der Waals surface area (Å²) >= 11 is 0. The summed E-state index contributed by atoms with van der Waals surface area (Å²) in [6, 6.07) is 9.39. The molecule has 23 heavy (non-hydrogen) atoms. The maximum absolute atomic E-state index is 12.3. The Kier molecular flexibility index (Phi) is 5.51. The maximum Gasteiger partial charge on any atom is 0.308 e. The molecule has 0 aliphatic rings. The van der Waals surface area contributed by atoms with Gasteiger partial charge in [-0.2, -0.15) is 0 Å². The zero-order valence-electron chi connectivity index (χ0n) is 13.3. The summed E-state index contributed by atoms with van der Waals surface area (Å²) in [6.07, 6.45) is 3.56. The van der Waals surface area contributed by atoms with Crippen molar-refractivity contribution in [1.82, 2.24) is 14.9 Å². The van der Waals surface area contributed by atoms with Crippen molar-refractivity contribution in [3.05, 3.63) is 48.5 Å². The van der Waals surface area contributed by atoms with E-state index in [-0.39, 0.29) is 18.4 Å². The maximum atomic E-state index is 12.3. The highest BCUT2D eigenvalue weighted by atomic mass is 16.4. The molecule has 1 atom stereocenters. The van der Waals surface area contributed by atoms with Crippen molar-refractivity contribution in [3.8, 4) is 5.69 Å². The standard InChI is InChI=1S/C17H21N3O3/c1-12(2)8-13(17(22)23)9-19-16(21)15-10-18-11-20(15)14-6-4-3-5-7-14/h3-7,10-13H,8-9H2,1-2H3,(H,19,21)(H,22,23). The first kappa shape index (κ1) is 16.7. The molecule has 0 bridgehead atoms. The Bertz CT molecular complexity index is 665. The van der Waals surface area contributed by atoms with Gasteiger partial charge < -0.3 is 10.4 Å². The largest absolute Gasteiger partial charge is 0.481 e. The predicted molar refractivity (Wildman–Crippen MR) is 86.5 cm³/mol. The van der Waals surface area contributed by atoms with Crippen LogP contribution in [0.5, 0.6) is 0 Å². The molecule has 0 radical (unpaired) electrons. The van der Waals surface area contributed by atoms with Crippen molar-refractivity contribution in [3.63, 3.8) is 0 Å². The van der Waals surface area contributed by atoms with Crippen LogP contribution in [0.15, 0.2) is 42.9 Å². The lowest BCUT2D eigenvalue weighted by Crippen LogP contribution is -2.34. The summed E-state index contributed by atoms with van der Waals surface area (Å²) in [5, 5.41) is 11.9. The molecule has 2 rings (SSSR count). The molecule has 1 aromatic heterocycles. The average molecular weight is 315 g/mol. The second-order valence-corrected chi connectivity index (χ2v) is 5.86. The van der Waals surface area contributed by atoms with Gasteiger partial charge in [-0.1, -0.05) is 32.0 Å². The summed E-state index contributed by atoms with van der Waals surface area (Å²) in [7, 11) is 0. The number of benzene rings is 1. The van der Waals surface area contributed by atoms with E-state index in [0.29, 0.717) is 12.1 Å². The topological polar surface area (TPSA) is 84.2 Å². The van der Waals surface area contributed by atoms with E-state index < -0.39 is 11.9 Å². The van der Waals surface area contributed by atoms with Crippen molar-refractivity contribution in [1.29, 1.82) is 0 Å². The van der Waals surface area contributed by atoms with Crippen LogP contribution in [-0.2, 0) is 4.79 Å². The third-order valence-electron chi connectivity index (χ3n) is 3.52. The molecule has 0 aliphatic carbocycles. The Morgan fingerprint density at radius 1 is 1.26 bits per heavy atom. The van der Waals surface area contributed by atoms with Crippen LogP contribution in [0.2, 0.25) is 0 Å². The molecule has 122 valence electrons. The fourth-order valence-corrected chi connectivity index (χ4v) is 2.40. The van der Waals surface area contributed by atoms with E-state index in [1.165, 1.54) is 6.20 Å². The van der Waals surface area contributed by atoms with Crippen molar-refractivity contribution in [2.75, 3.05) is 6.54 Å². The van der Waals surface area contributed by atoms with Gasteiger partial charge in [0.2, 0.25) is 0 Å². The van der Waals surface area contributed by atoms with Crippen LogP contribution in [0.25, 0.3) is 5.69 Å². The van der Waals surface area contributed by atoms with Crippen molar-refractivity contribution >= 4 is 11.9 Å². The fraction of sp³-hybridized carbons (Fsp3) is 0.353. The van der Waals surface area contributed by atoms with Crippen LogP contribution in [0.4, 0.5) is 0 Å². The second-order valence-electron chi connectivity index (χ2n) is 5.86. The highest BCUT2D eigenvalue weighted by molar-refractivity contribution is 5.93. The summed E-state index contributed by atoms with van der Waals surface area (Å²) < 4.78 is 1.67. The smallest absolute Gasteiger partial charge is 0.308 e. The molecule has 0 fully saturated rings. The molecule has 1 heterocycles. The number of carboxylic acids is 1. The number of carboxylic acid groups (broad SMARTS) is 1. The molecule has 1 unspecified atom stereocenters. The number of carbonyl (C=O) groups is 2. The van der Waals surface area contributed by atoms with Gasteiger partial charge in [0, 0.05) is 12.2 Å². The van der Waals surface area contributed by atoms with Crippen LogP contribution in [0.1, 0.15) is 30.8 Å². The van der Waals surface area contributed by atoms with Gasteiger partial charge in [0.1, 0.15) is 5.69 Å². The van der Waals surface area contributed by atoms with E-state index in [9.17, 15) is 14.7 Å². The molecule has 2 N–H and O–H groups in total. The minimum atomic E-state index is -0.893. The summed E-state index contributed by atoms with van der Waals surface area (Å²) in [4.78, 5) is 27.6. The number of hydrogen-bond donors (Lipinski definition) is 2. The fourth-order valence-electron chi connectivity index (χ4n) is 2.40. The number of nitrogens with zero attached hydrogens (tertiary/aromatic N) is 2. The van der Waals surface area contributed by atoms with Crippen LogP contribution in [0, 0.1) is 11.8 Å². The Morgan fingerprint density at radius 3 is 2.57 bits per heavy atom. The van der Waals surface area contributed by atoms with Gasteiger partial charge in [0.15, 0.2) is 0 Å². The normalized spacial score (nSPS) is 12.1. The number of hydrogen-bond acceptors (Lipinski definition) is 3. The number of carbonyl (C=O) groups excluding carboxylic acids is 1. The molecule has 1 amide bonds. The van der Waals surface area contributed by atoms with Crippen molar-refractivity contribution in [2.24, 2.45) is 11.8 Å². The number of aromatic nitrogens is 2. The summed E-state index contributed by atoms with van der Waals surface area (Å²) in [5.41, 5.74) is 1.21. The summed E-state index contributed by atoms with van der Waals surface area (Å²) in [5.74, 6) is -1.56. The zero-order valence-corrected chi connectivity index (χ0v) is 13.3. The second kappa shape index (κ2) is 7.58. The lowest BCUT2D eigenvalue weighted by atomic mass is 9.97. The third-order valence-corrected chi connectivity index (χ3v) is 3.52. The highest BCUT2D eigenvalue weighted by Gasteiger charge is 2.21. The van der Waals surface area contributed by atoms with Gasteiger partial charge in [-0.25, -0.2) is 4.98 Å². The van der Waals surface area contributed by atoms with E-state index in [2.05, 4.69) is 10.3 Å². The van der Waals surface area contributed by atoms with E-state index in [1.807, 2.05) is 44.2 Å². The van der Waals surface area contributed by atoms with Crippen LogP contribution in [-0.4, -0.2) is 33.1 Å². The highest BCUT2D eigenvalue weighted by Crippen LogP contribution is 2.13. The number of amides is 1. The Labute approximate surface area is 135 Å². The number of imidazole rings is 1. The molecule has 6 nitrogen and oxygen atoms in total. The Morgan fingerprint density at radius 2 is 1.96 bits per heavy atom. The zero-order chi connectivity index (χ0) is 16.8. The Balaban J connectivity index is 2.07. The molecular weight excluding hydrogens is 294 g/mol. The molecule has 6 heteroatoms. The van der Waals surface area contributed by atoms with Gasteiger partial charge >= 0.3 is 5.97 Å². The van der Waals surface area contributed by atoms with Gasteiger partial charge in [-0.15, -0.1) is 0 Å². The first-order valence-electron chi connectivity index (χ1n) is 7.57.